The van der Waals surface area contributed by atoms with Crippen LogP contribution >= 0.6 is 23.2 Å². The molecule has 3 nitrogen and oxygen atoms in total. The van der Waals surface area contributed by atoms with Gasteiger partial charge < -0.3 is 9.30 Å². The molecule has 26 heavy (non-hydrogen) atoms. The Hall–Kier alpha value is -1.82. The van der Waals surface area contributed by atoms with Crippen LogP contribution in [0.5, 0.6) is 0 Å². The van der Waals surface area contributed by atoms with Crippen LogP contribution in [-0.4, -0.2) is 17.4 Å². The first-order chi connectivity index (χ1) is 12.1. The number of nitrogens with zero attached hydrogens (tertiary/aromatic N) is 2. The fourth-order valence-corrected chi connectivity index (χ4v) is 2.83. The average Bonchev–Trinajstić information content (AvgIpc) is 2.84. The molecule has 2 rings (SSSR count). The fraction of sp³-hybridized carbons (Fsp3) is 0.312. The van der Waals surface area contributed by atoms with Gasteiger partial charge in [0, 0.05) is 11.6 Å². The van der Waals surface area contributed by atoms with E-state index < -0.39 is 35.1 Å². The molecule has 1 aromatic heterocycles. The van der Waals surface area contributed by atoms with Gasteiger partial charge in [0.1, 0.15) is 18.5 Å². The van der Waals surface area contributed by atoms with E-state index in [0.29, 0.717) is 9.59 Å². The third-order valence-corrected chi connectivity index (χ3v) is 4.13. The Balaban J connectivity index is 2.85. The first kappa shape index (κ1) is 20.5. The molecular formula is C16H11Cl2F5N2O. The van der Waals surface area contributed by atoms with Gasteiger partial charge in [0.2, 0.25) is 0 Å². The van der Waals surface area contributed by atoms with Crippen LogP contribution in [0.3, 0.4) is 0 Å². The van der Waals surface area contributed by atoms with E-state index in [4.69, 9.17) is 27.9 Å². The summed E-state index contributed by atoms with van der Waals surface area (Å²) in [6, 6.07) is 7.18. The molecular weight excluding hydrogens is 402 g/mol. The molecule has 0 aliphatic carbocycles. The normalized spacial score (nSPS) is 12.3. The van der Waals surface area contributed by atoms with Crippen molar-refractivity contribution in [2.24, 2.45) is 0 Å². The Bertz CT molecular complexity index is 838. The van der Waals surface area contributed by atoms with Gasteiger partial charge in [0.05, 0.1) is 16.3 Å². The van der Waals surface area contributed by atoms with Gasteiger partial charge >= 0.3 is 12.1 Å². The second kappa shape index (κ2) is 7.43. The molecule has 0 aliphatic heterocycles. The molecule has 0 saturated heterocycles. The van der Waals surface area contributed by atoms with Crippen LogP contribution in [0.25, 0.3) is 11.3 Å². The topological polar surface area (TPSA) is 38.0 Å². The maximum atomic E-state index is 14.1. The minimum Gasteiger partial charge on any atom is -0.361 e. The van der Waals surface area contributed by atoms with Crippen LogP contribution < -0.4 is 0 Å². The zero-order valence-electron chi connectivity index (χ0n) is 13.2. The van der Waals surface area contributed by atoms with E-state index in [-0.39, 0.29) is 17.9 Å². The lowest BCUT2D eigenvalue weighted by molar-refractivity contribution is -0.292. The summed E-state index contributed by atoms with van der Waals surface area (Å²) in [6.07, 6.45) is -5.90. The largest absolute Gasteiger partial charge is 0.459 e. The monoisotopic (exact) mass is 412 g/mol. The highest BCUT2D eigenvalue weighted by atomic mass is 35.5. The number of aromatic nitrogens is 1. The summed E-state index contributed by atoms with van der Waals surface area (Å²) in [4.78, 5) is 0. The average molecular weight is 413 g/mol. The summed E-state index contributed by atoms with van der Waals surface area (Å²) in [5.74, 6) is -5.28. The lowest BCUT2D eigenvalue weighted by Gasteiger charge is -2.23. The lowest BCUT2D eigenvalue weighted by atomic mass is 10.1. The molecule has 140 valence electrons. The quantitative estimate of drug-likeness (QED) is 0.566. The third-order valence-electron chi connectivity index (χ3n) is 3.51. The smallest absolute Gasteiger partial charge is 0.361 e. The van der Waals surface area contributed by atoms with Crippen LogP contribution in [0, 0.1) is 11.3 Å². The van der Waals surface area contributed by atoms with E-state index in [9.17, 15) is 27.2 Å². The molecule has 0 unspecified atom stereocenters. The Morgan fingerprint density at radius 3 is 2.15 bits per heavy atom. The summed E-state index contributed by atoms with van der Waals surface area (Å²) < 4.78 is 72.6. The number of rotatable bonds is 5. The molecule has 0 bridgehead atoms. The molecule has 0 spiro atoms. The van der Waals surface area contributed by atoms with Crippen LogP contribution in [-0.2, 0) is 17.4 Å². The minimum absolute atomic E-state index is 0.0504. The van der Waals surface area contributed by atoms with Crippen molar-refractivity contribution in [3.8, 4) is 17.3 Å². The Morgan fingerprint density at radius 2 is 1.69 bits per heavy atom. The first-order valence-corrected chi connectivity index (χ1v) is 7.92. The van der Waals surface area contributed by atoms with Crippen molar-refractivity contribution in [3.63, 3.8) is 0 Å². The highest BCUT2D eigenvalue weighted by molar-refractivity contribution is 6.33. The Labute approximate surface area is 155 Å². The molecule has 0 saturated carbocycles. The second-order valence-electron chi connectivity index (χ2n) is 5.13. The number of hydrogen-bond acceptors (Lipinski definition) is 2. The summed E-state index contributed by atoms with van der Waals surface area (Å²) >= 11 is 11.6. The number of hydrogen-bond donors (Lipinski definition) is 0. The fourth-order valence-electron chi connectivity index (χ4n) is 2.35. The molecule has 1 aromatic carbocycles. The number of ether oxygens (including phenoxy) is 1. The summed E-state index contributed by atoms with van der Waals surface area (Å²) in [5.41, 5.74) is -2.06. The maximum Gasteiger partial charge on any atom is 0.459 e. The van der Waals surface area contributed by atoms with Gasteiger partial charge in [-0.05, 0) is 24.6 Å². The molecule has 1 heterocycles. The van der Waals surface area contributed by atoms with E-state index in [1.165, 1.54) is 24.3 Å². The zero-order valence-corrected chi connectivity index (χ0v) is 14.7. The first-order valence-electron chi connectivity index (χ1n) is 7.17. The molecule has 0 radical (unpaired) electrons. The van der Waals surface area contributed by atoms with Gasteiger partial charge in [-0.25, -0.2) is 0 Å². The predicted octanol–water partition coefficient (Wildman–Crippen LogP) is 5.98. The summed E-state index contributed by atoms with van der Waals surface area (Å²) in [7, 11) is 0. The summed E-state index contributed by atoms with van der Waals surface area (Å²) in [6.45, 7) is 0.950. The highest BCUT2D eigenvalue weighted by Gasteiger charge is 2.62. The van der Waals surface area contributed by atoms with Crippen molar-refractivity contribution < 1.29 is 26.7 Å². The SMILES string of the molecule is CCOCn1c(-c2ccc(Cl)cc2)c(C#N)c(Cl)c1C(F)(F)C(F)(F)F. The molecule has 10 heteroatoms. The lowest BCUT2D eigenvalue weighted by Crippen LogP contribution is -2.36. The standard InChI is InChI=1S/C16H11Cl2F5N2O/c1-2-26-8-25-13(9-3-5-10(17)6-4-9)11(7-24)12(18)14(25)15(19,20)16(21,22)23/h3-6H,2,8H2,1H3. The van der Waals surface area contributed by atoms with Crippen LogP contribution in [0.2, 0.25) is 10.0 Å². The third kappa shape index (κ3) is 3.52. The van der Waals surface area contributed by atoms with Gasteiger partial charge in [-0.3, -0.25) is 0 Å². The molecule has 0 fully saturated rings. The Kier molecular flexibility index (Phi) is 5.85. The minimum atomic E-state index is -5.90. The number of nitriles is 1. The van der Waals surface area contributed by atoms with Gasteiger partial charge in [-0.2, -0.15) is 27.2 Å². The van der Waals surface area contributed by atoms with Crippen LogP contribution in [0.1, 0.15) is 18.2 Å². The van der Waals surface area contributed by atoms with Crippen molar-refractivity contribution in [2.45, 2.75) is 25.8 Å². The van der Waals surface area contributed by atoms with E-state index >= 15 is 0 Å². The maximum absolute atomic E-state index is 14.1. The number of halogens is 7. The number of benzene rings is 1. The van der Waals surface area contributed by atoms with Gasteiger partial charge in [-0.15, -0.1) is 0 Å². The zero-order chi connectivity index (χ0) is 19.7. The van der Waals surface area contributed by atoms with E-state index in [2.05, 4.69) is 0 Å². The van der Waals surface area contributed by atoms with Crippen molar-refractivity contribution in [3.05, 3.63) is 45.6 Å². The van der Waals surface area contributed by atoms with E-state index in [0.717, 1.165) is 0 Å². The van der Waals surface area contributed by atoms with Gasteiger partial charge in [0.25, 0.3) is 0 Å². The molecule has 0 amide bonds. The van der Waals surface area contributed by atoms with Crippen molar-refractivity contribution >= 4 is 23.2 Å². The van der Waals surface area contributed by atoms with E-state index in [1.54, 1.807) is 13.0 Å². The molecule has 0 aliphatic rings. The molecule has 2 aromatic rings. The number of alkyl halides is 5. The second-order valence-corrected chi connectivity index (χ2v) is 5.94. The Morgan fingerprint density at radius 1 is 1.12 bits per heavy atom. The molecule has 0 atom stereocenters. The predicted molar refractivity (Wildman–Crippen MR) is 86.2 cm³/mol. The van der Waals surface area contributed by atoms with Crippen molar-refractivity contribution in [2.75, 3.05) is 6.61 Å². The highest BCUT2D eigenvalue weighted by Crippen LogP contribution is 2.49. The van der Waals surface area contributed by atoms with Crippen molar-refractivity contribution in [1.29, 1.82) is 5.26 Å². The van der Waals surface area contributed by atoms with Crippen LogP contribution in [0.15, 0.2) is 24.3 Å². The van der Waals surface area contributed by atoms with E-state index in [1.807, 2.05) is 0 Å². The van der Waals surface area contributed by atoms with Gasteiger partial charge in [0.15, 0.2) is 0 Å². The van der Waals surface area contributed by atoms with Crippen molar-refractivity contribution in [1.82, 2.24) is 4.57 Å². The van der Waals surface area contributed by atoms with Gasteiger partial charge in [-0.1, -0.05) is 35.3 Å². The summed E-state index contributed by atoms with van der Waals surface area (Å²) in [5, 5.41) is 8.65. The molecule has 0 N–H and O–H groups in total. The van der Waals surface area contributed by atoms with Crippen LogP contribution in [0.4, 0.5) is 22.0 Å².